The molecule has 0 saturated carbocycles. The molecule has 2 fully saturated rings. The summed E-state index contributed by atoms with van der Waals surface area (Å²) in [5.41, 5.74) is 3.56. The van der Waals surface area contributed by atoms with Gasteiger partial charge in [-0.25, -0.2) is 13.4 Å². The van der Waals surface area contributed by atoms with E-state index in [4.69, 9.17) is 4.98 Å². The van der Waals surface area contributed by atoms with Gasteiger partial charge >= 0.3 is 0 Å². The topological polar surface area (TPSA) is 73.8 Å². The minimum absolute atomic E-state index is 0.116. The molecular weight excluding hydrogens is 513 g/mol. The van der Waals surface area contributed by atoms with Gasteiger partial charge in [0.05, 0.1) is 15.1 Å². The standard InChI is InChI=1S/C26H32N4O3S3/c1-18-4-9-23-24(19(18)2)27-26(35-23)29-16-14-28(15-17-29)25(31)20-10-12-30(13-11-20)36(32,33)22-7-5-21(34-3)6-8-22/h4-9,20H,10-17H2,1-3H3. The Bertz CT molecular complexity index is 1360. The third kappa shape index (κ3) is 4.88. The lowest BCUT2D eigenvalue weighted by Crippen LogP contribution is -2.52. The lowest BCUT2D eigenvalue weighted by molar-refractivity contribution is -0.137. The molecule has 0 radical (unpaired) electrons. The molecule has 1 aromatic heterocycles. The minimum Gasteiger partial charge on any atom is -0.345 e. The predicted molar refractivity (Wildman–Crippen MR) is 148 cm³/mol. The molecule has 3 heterocycles. The number of hydrogen-bond donors (Lipinski definition) is 0. The molecule has 7 nitrogen and oxygen atoms in total. The van der Waals surface area contributed by atoms with Crippen LogP contribution in [-0.4, -0.2) is 74.0 Å². The Labute approximate surface area is 221 Å². The number of sulfonamides is 1. The average molecular weight is 545 g/mol. The van der Waals surface area contributed by atoms with Crippen molar-refractivity contribution in [2.24, 2.45) is 5.92 Å². The zero-order chi connectivity index (χ0) is 25.4. The Morgan fingerprint density at radius 2 is 1.64 bits per heavy atom. The van der Waals surface area contributed by atoms with Gasteiger partial charge < -0.3 is 9.80 Å². The Morgan fingerprint density at radius 1 is 0.972 bits per heavy atom. The van der Waals surface area contributed by atoms with Gasteiger partial charge in [-0.1, -0.05) is 17.4 Å². The first-order valence-electron chi connectivity index (χ1n) is 12.3. The van der Waals surface area contributed by atoms with Crippen LogP contribution in [0.1, 0.15) is 24.0 Å². The number of anilines is 1. The molecule has 192 valence electrons. The molecule has 0 unspecified atom stereocenters. The van der Waals surface area contributed by atoms with Crippen molar-refractivity contribution in [3.05, 3.63) is 47.5 Å². The summed E-state index contributed by atoms with van der Waals surface area (Å²) in [5, 5.41) is 1.02. The van der Waals surface area contributed by atoms with Gasteiger partial charge in [0.1, 0.15) is 0 Å². The Morgan fingerprint density at radius 3 is 2.28 bits per heavy atom. The van der Waals surface area contributed by atoms with E-state index in [1.165, 1.54) is 20.1 Å². The van der Waals surface area contributed by atoms with Crippen LogP contribution in [0.4, 0.5) is 5.13 Å². The van der Waals surface area contributed by atoms with Crippen molar-refractivity contribution in [1.29, 1.82) is 0 Å². The van der Waals surface area contributed by atoms with Gasteiger partial charge in [0, 0.05) is 50.1 Å². The maximum atomic E-state index is 13.2. The maximum Gasteiger partial charge on any atom is 0.243 e. The number of aryl methyl sites for hydroxylation is 2. The molecule has 5 rings (SSSR count). The molecule has 3 aromatic rings. The first-order chi connectivity index (χ1) is 17.3. The first-order valence-corrected chi connectivity index (χ1v) is 15.8. The van der Waals surface area contributed by atoms with E-state index in [-0.39, 0.29) is 11.8 Å². The molecule has 2 aromatic carbocycles. The quantitative estimate of drug-likeness (QED) is 0.444. The first kappa shape index (κ1) is 25.5. The average Bonchev–Trinajstić information content (AvgIpc) is 3.36. The highest BCUT2D eigenvalue weighted by Crippen LogP contribution is 2.33. The van der Waals surface area contributed by atoms with E-state index in [2.05, 4.69) is 30.9 Å². The van der Waals surface area contributed by atoms with E-state index in [1.807, 2.05) is 23.3 Å². The van der Waals surface area contributed by atoms with Crippen LogP contribution in [0.15, 0.2) is 46.2 Å². The molecule has 0 N–H and O–H groups in total. The summed E-state index contributed by atoms with van der Waals surface area (Å²) in [5.74, 6) is 0.0433. The van der Waals surface area contributed by atoms with Gasteiger partial charge in [0.2, 0.25) is 15.9 Å². The number of piperazine rings is 1. The van der Waals surface area contributed by atoms with Crippen LogP contribution >= 0.6 is 23.1 Å². The number of carbonyl (C=O) groups is 1. The number of amides is 1. The van der Waals surface area contributed by atoms with E-state index in [0.717, 1.165) is 28.6 Å². The second-order valence-corrected chi connectivity index (χ2v) is 13.3. The molecule has 1 amide bonds. The van der Waals surface area contributed by atoms with Crippen LogP contribution in [0, 0.1) is 19.8 Å². The molecule has 2 saturated heterocycles. The molecule has 0 spiro atoms. The molecule has 0 bridgehead atoms. The lowest BCUT2D eigenvalue weighted by Gasteiger charge is -2.38. The predicted octanol–water partition coefficient (Wildman–Crippen LogP) is 4.38. The number of fused-ring (bicyclic) bond motifs is 1. The van der Waals surface area contributed by atoms with Crippen LogP contribution in [0.2, 0.25) is 0 Å². The number of aromatic nitrogens is 1. The number of carbonyl (C=O) groups excluding carboxylic acids is 1. The van der Waals surface area contributed by atoms with Crippen LogP contribution in [0.3, 0.4) is 0 Å². The summed E-state index contributed by atoms with van der Waals surface area (Å²) in [6.07, 6.45) is 3.10. The maximum absolute atomic E-state index is 13.2. The molecule has 0 aliphatic carbocycles. The van der Waals surface area contributed by atoms with Crippen LogP contribution in [0.25, 0.3) is 10.2 Å². The molecular formula is C26H32N4O3S3. The van der Waals surface area contributed by atoms with E-state index in [1.54, 1.807) is 35.2 Å². The number of thiazole rings is 1. The summed E-state index contributed by atoms with van der Waals surface area (Å²) >= 11 is 3.30. The van der Waals surface area contributed by atoms with Crippen LogP contribution < -0.4 is 4.90 Å². The van der Waals surface area contributed by atoms with E-state index >= 15 is 0 Å². The van der Waals surface area contributed by atoms with Crippen molar-refractivity contribution >= 4 is 54.4 Å². The molecule has 10 heteroatoms. The van der Waals surface area contributed by atoms with Crippen molar-refractivity contribution in [2.75, 3.05) is 50.4 Å². The number of benzene rings is 2. The van der Waals surface area contributed by atoms with Crippen LogP contribution in [0.5, 0.6) is 0 Å². The molecule has 36 heavy (non-hydrogen) atoms. The summed E-state index contributed by atoms with van der Waals surface area (Å²) in [6.45, 7) is 7.88. The van der Waals surface area contributed by atoms with Crippen molar-refractivity contribution in [2.45, 2.75) is 36.5 Å². The highest BCUT2D eigenvalue weighted by molar-refractivity contribution is 7.98. The number of thioether (sulfide) groups is 1. The highest BCUT2D eigenvalue weighted by atomic mass is 32.2. The molecule has 0 atom stereocenters. The normalized spacial score (nSPS) is 18.2. The summed E-state index contributed by atoms with van der Waals surface area (Å²) in [4.78, 5) is 23.7. The van der Waals surface area contributed by atoms with Gasteiger partial charge in [-0.2, -0.15) is 4.31 Å². The van der Waals surface area contributed by atoms with E-state index in [9.17, 15) is 13.2 Å². The minimum atomic E-state index is -3.53. The fourth-order valence-electron chi connectivity index (χ4n) is 4.97. The second-order valence-electron chi connectivity index (χ2n) is 9.52. The Hall–Kier alpha value is -2.14. The Balaban J connectivity index is 1.16. The van der Waals surface area contributed by atoms with Gasteiger partial charge in [0.15, 0.2) is 5.13 Å². The van der Waals surface area contributed by atoms with E-state index in [0.29, 0.717) is 43.9 Å². The van der Waals surface area contributed by atoms with Gasteiger partial charge in [-0.15, -0.1) is 11.8 Å². The number of hydrogen-bond acceptors (Lipinski definition) is 7. The van der Waals surface area contributed by atoms with Crippen molar-refractivity contribution in [1.82, 2.24) is 14.2 Å². The zero-order valence-electron chi connectivity index (χ0n) is 20.9. The fourth-order valence-corrected chi connectivity index (χ4v) is 7.92. The van der Waals surface area contributed by atoms with Crippen LogP contribution in [-0.2, 0) is 14.8 Å². The highest BCUT2D eigenvalue weighted by Gasteiger charge is 2.35. The smallest absolute Gasteiger partial charge is 0.243 e. The summed E-state index contributed by atoms with van der Waals surface area (Å²) < 4.78 is 28.8. The van der Waals surface area contributed by atoms with Crippen molar-refractivity contribution in [3.63, 3.8) is 0 Å². The second kappa shape index (κ2) is 10.3. The van der Waals surface area contributed by atoms with Gasteiger partial charge in [0.25, 0.3) is 0 Å². The third-order valence-corrected chi connectivity index (χ3v) is 11.2. The third-order valence-electron chi connectivity index (χ3n) is 7.44. The molecule has 2 aliphatic rings. The van der Waals surface area contributed by atoms with Gasteiger partial charge in [-0.05, 0) is 74.4 Å². The number of piperidine rings is 1. The zero-order valence-corrected chi connectivity index (χ0v) is 23.4. The number of rotatable bonds is 5. The van der Waals surface area contributed by atoms with Gasteiger partial charge in [-0.3, -0.25) is 4.79 Å². The summed E-state index contributed by atoms with van der Waals surface area (Å²) in [6, 6.07) is 11.3. The van der Waals surface area contributed by atoms with E-state index < -0.39 is 10.0 Å². The summed E-state index contributed by atoms with van der Waals surface area (Å²) in [7, 11) is -3.53. The lowest BCUT2D eigenvalue weighted by atomic mass is 9.96. The number of nitrogens with zero attached hydrogens (tertiary/aromatic N) is 4. The fraction of sp³-hybridized carbons (Fsp3) is 0.462. The monoisotopic (exact) mass is 544 g/mol. The molecule has 2 aliphatic heterocycles. The van der Waals surface area contributed by atoms with Crippen molar-refractivity contribution < 1.29 is 13.2 Å². The van der Waals surface area contributed by atoms with Crippen molar-refractivity contribution in [3.8, 4) is 0 Å². The largest absolute Gasteiger partial charge is 0.345 e. The Kier molecular flexibility index (Phi) is 7.31. The SMILES string of the molecule is CSc1ccc(S(=O)(=O)N2CCC(C(=O)N3CCN(c4nc5c(C)c(C)ccc5s4)CC3)CC2)cc1.